The minimum atomic E-state index is -0.300. The molecule has 4 aromatic rings. The predicted molar refractivity (Wildman–Crippen MR) is 151 cm³/mol. The van der Waals surface area contributed by atoms with Crippen LogP contribution in [-0.2, 0) is 16.1 Å². The SMILES string of the molecule is C[C@@H]1CC[C@@H](Nc2cncc(-n3cnc4cc(OCC5(C)COC5)ccc43)n2)CN1C(=O)OCc1ccccc1. The third-order valence-electron chi connectivity index (χ3n) is 7.55. The minimum absolute atomic E-state index is 0.0344. The van der Waals surface area contributed by atoms with Crippen molar-refractivity contribution >= 4 is 22.9 Å². The van der Waals surface area contributed by atoms with Crippen LogP contribution in [-0.4, -0.2) is 69.0 Å². The number of nitrogens with zero attached hydrogens (tertiary/aromatic N) is 5. The van der Waals surface area contributed by atoms with E-state index in [1.165, 1.54) is 0 Å². The molecule has 0 spiro atoms. The number of piperidine rings is 1. The van der Waals surface area contributed by atoms with Crippen molar-refractivity contribution < 1.29 is 19.0 Å². The van der Waals surface area contributed by atoms with Crippen LogP contribution in [0.25, 0.3) is 16.9 Å². The van der Waals surface area contributed by atoms with Crippen LogP contribution in [0.4, 0.5) is 10.6 Å². The molecular formula is C30H34N6O4. The smallest absolute Gasteiger partial charge is 0.410 e. The lowest BCUT2D eigenvalue weighted by Crippen LogP contribution is -2.49. The number of carbonyl (C=O) groups excluding carboxylic acids is 1. The van der Waals surface area contributed by atoms with Gasteiger partial charge in [-0.3, -0.25) is 9.55 Å². The fourth-order valence-corrected chi connectivity index (χ4v) is 5.09. The maximum absolute atomic E-state index is 12.9. The third-order valence-corrected chi connectivity index (χ3v) is 7.55. The van der Waals surface area contributed by atoms with Crippen LogP contribution >= 0.6 is 0 Å². The van der Waals surface area contributed by atoms with Gasteiger partial charge in [-0.25, -0.2) is 14.8 Å². The molecule has 0 saturated carbocycles. The average molecular weight is 543 g/mol. The first-order valence-corrected chi connectivity index (χ1v) is 13.7. The monoisotopic (exact) mass is 542 g/mol. The number of likely N-dealkylation sites (tertiary alicyclic amines) is 1. The normalized spacial score (nSPS) is 20.1. The van der Waals surface area contributed by atoms with Crippen molar-refractivity contribution in [3.63, 3.8) is 0 Å². The summed E-state index contributed by atoms with van der Waals surface area (Å²) in [6.45, 7) is 7.07. The van der Waals surface area contributed by atoms with Gasteiger partial charge < -0.3 is 24.4 Å². The van der Waals surface area contributed by atoms with E-state index < -0.39 is 0 Å². The van der Waals surface area contributed by atoms with Crippen LogP contribution in [0.2, 0.25) is 0 Å². The quantitative estimate of drug-likeness (QED) is 0.338. The van der Waals surface area contributed by atoms with Gasteiger partial charge in [0.25, 0.3) is 0 Å². The Labute approximate surface area is 233 Å². The first-order valence-electron chi connectivity index (χ1n) is 13.7. The van der Waals surface area contributed by atoms with Gasteiger partial charge in [0, 0.05) is 30.1 Å². The topological polar surface area (TPSA) is 104 Å². The second-order valence-corrected chi connectivity index (χ2v) is 11.1. The zero-order valence-corrected chi connectivity index (χ0v) is 22.8. The summed E-state index contributed by atoms with van der Waals surface area (Å²) in [5.74, 6) is 2.08. The molecule has 0 unspecified atom stereocenters. The fourth-order valence-electron chi connectivity index (χ4n) is 5.09. The molecule has 2 saturated heterocycles. The lowest BCUT2D eigenvalue weighted by atomic mass is 9.90. The molecule has 4 heterocycles. The van der Waals surface area contributed by atoms with Crippen molar-refractivity contribution in [2.75, 3.05) is 31.7 Å². The Kier molecular flexibility index (Phi) is 7.25. The summed E-state index contributed by atoms with van der Waals surface area (Å²) < 4.78 is 18.8. The highest BCUT2D eigenvalue weighted by Gasteiger charge is 2.34. The van der Waals surface area contributed by atoms with E-state index in [1.54, 1.807) is 23.6 Å². The zero-order chi connectivity index (χ0) is 27.5. The molecule has 208 valence electrons. The van der Waals surface area contributed by atoms with Crippen molar-refractivity contribution in [3.8, 4) is 11.6 Å². The van der Waals surface area contributed by atoms with Crippen LogP contribution in [0.15, 0.2) is 67.3 Å². The number of ether oxygens (including phenoxy) is 3. The van der Waals surface area contributed by atoms with Crippen molar-refractivity contribution in [2.24, 2.45) is 5.41 Å². The number of fused-ring (bicyclic) bond motifs is 1. The molecule has 10 nitrogen and oxygen atoms in total. The first-order chi connectivity index (χ1) is 19.5. The summed E-state index contributed by atoms with van der Waals surface area (Å²) in [5, 5.41) is 3.47. The Bertz CT molecular complexity index is 1470. The van der Waals surface area contributed by atoms with E-state index in [1.807, 2.05) is 53.1 Å². The molecule has 0 aliphatic carbocycles. The Morgan fingerprint density at radius 3 is 2.80 bits per heavy atom. The van der Waals surface area contributed by atoms with Crippen molar-refractivity contribution in [1.29, 1.82) is 0 Å². The molecular weight excluding hydrogens is 508 g/mol. The molecule has 6 rings (SSSR count). The van der Waals surface area contributed by atoms with Gasteiger partial charge >= 0.3 is 6.09 Å². The number of hydrogen-bond donors (Lipinski definition) is 1. The number of carbonyl (C=O) groups is 1. The number of hydrogen-bond acceptors (Lipinski definition) is 8. The minimum Gasteiger partial charge on any atom is -0.493 e. The molecule has 2 aliphatic heterocycles. The summed E-state index contributed by atoms with van der Waals surface area (Å²) >= 11 is 0. The summed E-state index contributed by atoms with van der Waals surface area (Å²) in [7, 11) is 0. The summed E-state index contributed by atoms with van der Waals surface area (Å²) in [6.07, 6.45) is 6.65. The van der Waals surface area contributed by atoms with Gasteiger partial charge in [-0.2, -0.15) is 0 Å². The molecule has 10 heteroatoms. The number of rotatable bonds is 8. The van der Waals surface area contributed by atoms with Crippen molar-refractivity contribution in [3.05, 3.63) is 72.8 Å². The molecule has 0 bridgehead atoms. The van der Waals surface area contributed by atoms with Gasteiger partial charge in [0.2, 0.25) is 0 Å². The van der Waals surface area contributed by atoms with Crippen LogP contribution in [0.3, 0.4) is 0 Å². The number of imidazole rings is 1. The van der Waals surface area contributed by atoms with Gasteiger partial charge in [-0.15, -0.1) is 0 Å². The van der Waals surface area contributed by atoms with Crippen molar-refractivity contribution in [1.82, 2.24) is 24.4 Å². The van der Waals surface area contributed by atoms with E-state index in [9.17, 15) is 4.79 Å². The molecule has 2 aromatic heterocycles. The maximum atomic E-state index is 12.9. The molecule has 2 aliphatic rings. The molecule has 2 atom stereocenters. The van der Waals surface area contributed by atoms with E-state index in [-0.39, 0.29) is 30.2 Å². The lowest BCUT2D eigenvalue weighted by molar-refractivity contribution is -0.120. The Morgan fingerprint density at radius 2 is 2.00 bits per heavy atom. The maximum Gasteiger partial charge on any atom is 0.410 e. The second-order valence-electron chi connectivity index (χ2n) is 11.1. The number of anilines is 1. The first kappa shape index (κ1) is 26.1. The summed E-state index contributed by atoms with van der Waals surface area (Å²) in [4.78, 5) is 28.5. The molecule has 0 radical (unpaired) electrons. The number of aromatic nitrogens is 4. The Hall–Kier alpha value is -4.18. The fraction of sp³-hybridized carbons (Fsp3) is 0.400. The molecule has 2 aromatic carbocycles. The van der Waals surface area contributed by atoms with Gasteiger partial charge in [0.05, 0.1) is 43.2 Å². The van der Waals surface area contributed by atoms with Crippen LogP contribution in [0.1, 0.15) is 32.3 Å². The lowest BCUT2D eigenvalue weighted by Gasteiger charge is -2.37. The molecule has 1 amide bonds. The highest BCUT2D eigenvalue weighted by Crippen LogP contribution is 2.29. The summed E-state index contributed by atoms with van der Waals surface area (Å²) in [5.41, 5.74) is 2.78. The number of amides is 1. The number of nitrogens with one attached hydrogen (secondary N) is 1. The summed E-state index contributed by atoms with van der Waals surface area (Å²) in [6, 6.07) is 15.7. The Balaban J connectivity index is 1.10. The number of benzene rings is 2. The molecule has 2 fully saturated rings. The van der Waals surface area contributed by atoms with Crippen molar-refractivity contribution in [2.45, 2.75) is 45.4 Å². The largest absolute Gasteiger partial charge is 0.493 e. The van der Waals surface area contributed by atoms with E-state index in [4.69, 9.17) is 19.2 Å². The molecule has 1 N–H and O–H groups in total. The zero-order valence-electron chi connectivity index (χ0n) is 22.8. The Morgan fingerprint density at radius 1 is 1.15 bits per heavy atom. The van der Waals surface area contributed by atoms with Crippen LogP contribution < -0.4 is 10.1 Å². The molecule has 40 heavy (non-hydrogen) atoms. The van der Waals surface area contributed by atoms with Gasteiger partial charge in [-0.05, 0) is 37.5 Å². The highest BCUT2D eigenvalue weighted by atomic mass is 16.6. The standard InChI is InChI=1S/C30H34N6O4/c1-21-8-9-23(15-35(21)29(37)39-16-22-6-4-3-5-7-22)33-27-13-31-14-28(34-27)36-20-32-25-12-24(10-11-26(25)36)40-19-30(2)17-38-18-30/h3-7,10-14,20-21,23H,8-9,15-19H2,1-2H3,(H,33,34)/t21-,23-/m1/s1. The van der Waals surface area contributed by atoms with E-state index >= 15 is 0 Å². The van der Waals surface area contributed by atoms with E-state index in [2.05, 4.69) is 29.1 Å². The second kappa shape index (κ2) is 11.1. The third kappa shape index (κ3) is 5.72. The van der Waals surface area contributed by atoms with Gasteiger partial charge in [0.15, 0.2) is 5.82 Å². The van der Waals surface area contributed by atoms with E-state index in [0.29, 0.717) is 24.8 Å². The van der Waals surface area contributed by atoms with Crippen LogP contribution in [0.5, 0.6) is 5.75 Å². The van der Waals surface area contributed by atoms with Gasteiger partial charge in [0.1, 0.15) is 24.5 Å². The van der Waals surface area contributed by atoms with E-state index in [0.717, 1.165) is 48.4 Å². The average Bonchev–Trinajstić information content (AvgIpc) is 3.39. The predicted octanol–water partition coefficient (Wildman–Crippen LogP) is 4.83. The van der Waals surface area contributed by atoms with Gasteiger partial charge in [-0.1, -0.05) is 37.3 Å². The van der Waals surface area contributed by atoms with Crippen LogP contribution in [0, 0.1) is 5.41 Å². The highest BCUT2D eigenvalue weighted by molar-refractivity contribution is 5.78.